The van der Waals surface area contributed by atoms with Gasteiger partial charge in [0, 0.05) is 18.5 Å². The van der Waals surface area contributed by atoms with Crippen molar-refractivity contribution in [1.82, 2.24) is 9.88 Å². The van der Waals surface area contributed by atoms with Gasteiger partial charge < -0.3 is 9.32 Å². The van der Waals surface area contributed by atoms with Crippen molar-refractivity contribution in [3.05, 3.63) is 29.2 Å². The van der Waals surface area contributed by atoms with Gasteiger partial charge in [-0.3, -0.25) is 4.79 Å². The molecule has 5 rings (SSSR count). The third-order valence-corrected chi connectivity index (χ3v) is 6.96. The largest absolute Gasteiger partial charge is 0.471 e. The Morgan fingerprint density at radius 1 is 1.33 bits per heavy atom. The number of halogens is 3. The summed E-state index contributed by atoms with van der Waals surface area (Å²) >= 11 is 0. The molecule has 2 fully saturated rings. The number of rotatable bonds is 1. The number of hydrogen-bond donors (Lipinski definition) is 0. The predicted octanol–water partition coefficient (Wildman–Crippen LogP) is 4.32. The van der Waals surface area contributed by atoms with Gasteiger partial charge in [-0.1, -0.05) is 13.8 Å². The highest BCUT2D eigenvalue weighted by molar-refractivity contribution is 5.83. The van der Waals surface area contributed by atoms with Crippen LogP contribution in [0.1, 0.15) is 56.0 Å². The standard InChI is InChI=1S/C20H21F3N2O2/c1-10-15-8-12-7-14-16(27-17(24-14)11-3-4-11)9-13(12)19(10,2)5-6-25(15)18(26)20(21,22)23/h7,9-11,15H,3-6,8H2,1-2H3. The first-order valence-electron chi connectivity index (χ1n) is 9.50. The molecule has 7 heteroatoms. The molecule has 2 aliphatic carbocycles. The van der Waals surface area contributed by atoms with Crippen LogP contribution in [0.3, 0.4) is 0 Å². The molecule has 4 nitrogen and oxygen atoms in total. The first-order valence-corrected chi connectivity index (χ1v) is 9.50. The van der Waals surface area contributed by atoms with Crippen LogP contribution in [0.2, 0.25) is 0 Å². The topological polar surface area (TPSA) is 46.3 Å². The second-order valence-electron chi connectivity index (χ2n) is 8.53. The van der Waals surface area contributed by atoms with E-state index in [1.54, 1.807) is 0 Å². The summed E-state index contributed by atoms with van der Waals surface area (Å²) in [6.07, 6.45) is -1.71. The molecule has 1 aromatic carbocycles. The summed E-state index contributed by atoms with van der Waals surface area (Å²) in [5.74, 6) is -0.609. The van der Waals surface area contributed by atoms with E-state index in [4.69, 9.17) is 4.42 Å². The van der Waals surface area contributed by atoms with Gasteiger partial charge in [0.25, 0.3) is 0 Å². The number of benzene rings is 1. The Morgan fingerprint density at radius 2 is 2.07 bits per heavy atom. The molecule has 3 unspecified atom stereocenters. The SMILES string of the molecule is CC1C2Cc3cc4nc(C5CC5)oc4cc3C1(C)CCN2C(=O)C(F)(F)F. The van der Waals surface area contributed by atoms with E-state index in [2.05, 4.69) is 11.9 Å². The summed E-state index contributed by atoms with van der Waals surface area (Å²) in [5.41, 5.74) is 3.37. The Hall–Kier alpha value is -2.05. The third kappa shape index (κ3) is 2.43. The summed E-state index contributed by atoms with van der Waals surface area (Å²) in [6.45, 7) is 4.19. The Kier molecular flexibility index (Phi) is 3.33. The molecule has 2 heterocycles. The zero-order chi connectivity index (χ0) is 19.1. The summed E-state index contributed by atoms with van der Waals surface area (Å²) in [4.78, 5) is 17.6. The number of hydrogen-bond acceptors (Lipinski definition) is 3. The summed E-state index contributed by atoms with van der Waals surface area (Å²) in [6, 6.07) is 3.55. The third-order valence-electron chi connectivity index (χ3n) is 6.96. The van der Waals surface area contributed by atoms with Crippen molar-refractivity contribution in [2.75, 3.05) is 6.54 Å². The average Bonchev–Trinajstić information content (AvgIpc) is 3.36. The van der Waals surface area contributed by atoms with Crippen molar-refractivity contribution >= 4 is 17.0 Å². The molecule has 27 heavy (non-hydrogen) atoms. The molecule has 1 amide bonds. The lowest BCUT2D eigenvalue weighted by Gasteiger charge is -2.54. The molecule has 144 valence electrons. The molecule has 1 aromatic heterocycles. The van der Waals surface area contributed by atoms with Crippen LogP contribution in [0.15, 0.2) is 16.5 Å². The molecule has 2 aromatic rings. The van der Waals surface area contributed by atoms with Gasteiger partial charge in [-0.15, -0.1) is 0 Å². The van der Waals surface area contributed by atoms with Gasteiger partial charge in [-0.2, -0.15) is 13.2 Å². The first-order chi connectivity index (χ1) is 12.7. The molecule has 0 spiro atoms. The highest BCUT2D eigenvalue weighted by Crippen LogP contribution is 2.50. The molecular weight excluding hydrogens is 357 g/mol. The van der Waals surface area contributed by atoms with Crippen molar-refractivity contribution in [1.29, 1.82) is 0 Å². The van der Waals surface area contributed by atoms with Gasteiger partial charge in [0.05, 0.1) is 0 Å². The maximum atomic E-state index is 13.1. The van der Waals surface area contributed by atoms with E-state index in [9.17, 15) is 18.0 Å². The van der Waals surface area contributed by atoms with Gasteiger partial charge in [-0.05, 0) is 60.3 Å². The average molecular weight is 378 g/mol. The van der Waals surface area contributed by atoms with E-state index in [0.717, 1.165) is 45.9 Å². The van der Waals surface area contributed by atoms with Crippen LogP contribution in [0.4, 0.5) is 13.2 Å². The zero-order valence-electron chi connectivity index (χ0n) is 15.3. The van der Waals surface area contributed by atoms with Gasteiger partial charge >= 0.3 is 12.1 Å². The molecule has 3 atom stereocenters. The van der Waals surface area contributed by atoms with E-state index < -0.39 is 18.1 Å². The van der Waals surface area contributed by atoms with E-state index in [1.165, 1.54) is 0 Å². The highest BCUT2D eigenvalue weighted by Gasteiger charge is 2.54. The van der Waals surface area contributed by atoms with Crippen LogP contribution >= 0.6 is 0 Å². The van der Waals surface area contributed by atoms with Crippen LogP contribution < -0.4 is 0 Å². The number of oxazole rings is 1. The Balaban J connectivity index is 1.59. The van der Waals surface area contributed by atoms with E-state index in [0.29, 0.717) is 18.8 Å². The number of likely N-dealkylation sites (tertiary alicyclic amines) is 1. The van der Waals surface area contributed by atoms with Gasteiger partial charge in [0.15, 0.2) is 11.5 Å². The van der Waals surface area contributed by atoms with Crippen molar-refractivity contribution in [2.45, 2.75) is 63.1 Å². The predicted molar refractivity (Wildman–Crippen MR) is 92.4 cm³/mol. The van der Waals surface area contributed by atoms with E-state index in [-0.39, 0.29) is 17.9 Å². The Labute approximate surface area is 154 Å². The highest BCUT2D eigenvalue weighted by atomic mass is 19.4. The number of carbonyl (C=O) groups excluding carboxylic acids is 1. The lowest BCUT2D eigenvalue weighted by Crippen LogP contribution is -2.61. The number of piperidine rings is 1. The second-order valence-corrected chi connectivity index (χ2v) is 8.53. The molecular formula is C20H21F3N2O2. The second kappa shape index (κ2) is 5.26. The van der Waals surface area contributed by atoms with E-state index >= 15 is 0 Å². The number of amides is 1. The fraction of sp³-hybridized carbons (Fsp3) is 0.600. The quantitative estimate of drug-likeness (QED) is 0.743. The lowest BCUT2D eigenvalue weighted by molar-refractivity contribution is -0.192. The zero-order valence-corrected chi connectivity index (χ0v) is 15.3. The minimum absolute atomic E-state index is 0.0617. The summed E-state index contributed by atoms with van der Waals surface area (Å²) < 4.78 is 45.1. The molecule has 0 N–H and O–H groups in total. The molecule has 2 bridgehead atoms. The monoisotopic (exact) mass is 378 g/mol. The Morgan fingerprint density at radius 3 is 2.74 bits per heavy atom. The Bertz CT molecular complexity index is 947. The molecule has 1 saturated heterocycles. The smallest absolute Gasteiger partial charge is 0.440 e. The molecule has 3 aliphatic rings. The first kappa shape index (κ1) is 17.1. The summed E-state index contributed by atoms with van der Waals surface area (Å²) in [5, 5.41) is 0. The van der Waals surface area contributed by atoms with Crippen molar-refractivity contribution < 1.29 is 22.4 Å². The number of aromatic nitrogens is 1. The van der Waals surface area contributed by atoms with Gasteiger partial charge in [-0.25, -0.2) is 4.98 Å². The van der Waals surface area contributed by atoms with Crippen LogP contribution in [0.25, 0.3) is 11.1 Å². The minimum Gasteiger partial charge on any atom is -0.440 e. The normalized spacial score (nSPS) is 30.5. The van der Waals surface area contributed by atoms with Gasteiger partial charge in [0.1, 0.15) is 5.52 Å². The van der Waals surface area contributed by atoms with Gasteiger partial charge in [0.2, 0.25) is 0 Å². The number of alkyl halides is 3. The maximum Gasteiger partial charge on any atom is 0.471 e. The van der Waals surface area contributed by atoms with Crippen LogP contribution in [0, 0.1) is 5.92 Å². The van der Waals surface area contributed by atoms with Crippen molar-refractivity contribution in [3.8, 4) is 0 Å². The van der Waals surface area contributed by atoms with Crippen LogP contribution in [-0.2, 0) is 16.6 Å². The molecule has 0 radical (unpaired) electrons. The summed E-state index contributed by atoms with van der Waals surface area (Å²) in [7, 11) is 0. The number of nitrogens with zero attached hydrogens (tertiary/aromatic N) is 2. The van der Waals surface area contributed by atoms with E-state index in [1.807, 2.05) is 19.1 Å². The van der Waals surface area contributed by atoms with Crippen LogP contribution in [0.5, 0.6) is 0 Å². The molecule has 1 aliphatic heterocycles. The molecule has 1 saturated carbocycles. The fourth-order valence-corrected chi connectivity index (χ4v) is 4.99. The van der Waals surface area contributed by atoms with Crippen molar-refractivity contribution in [3.63, 3.8) is 0 Å². The number of carbonyl (C=O) groups is 1. The van der Waals surface area contributed by atoms with Crippen LogP contribution in [-0.4, -0.2) is 34.6 Å². The minimum atomic E-state index is -4.83. The lowest BCUT2D eigenvalue weighted by atomic mass is 9.59. The maximum absolute atomic E-state index is 13.1. The van der Waals surface area contributed by atoms with Crippen molar-refractivity contribution in [2.24, 2.45) is 5.92 Å². The fourth-order valence-electron chi connectivity index (χ4n) is 4.99. The number of fused-ring (bicyclic) bond motifs is 5.